The van der Waals surface area contributed by atoms with Crippen LogP contribution in [0.15, 0.2) is 58.3 Å². The van der Waals surface area contributed by atoms with E-state index < -0.39 is 0 Å². The van der Waals surface area contributed by atoms with Gasteiger partial charge in [-0.25, -0.2) is 4.98 Å². The summed E-state index contributed by atoms with van der Waals surface area (Å²) in [6.45, 7) is 6.91. The van der Waals surface area contributed by atoms with Crippen LogP contribution in [0.5, 0.6) is 0 Å². The van der Waals surface area contributed by atoms with Crippen molar-refractivity contribution >= 4 is 29.0 Å². The van der Waals surface area contributed by atoms with Crippen molar-refractivity contribution in [1.29, 1.82) is 0 Å². The highest BCUT2D eigenvalue weighted by Crippen LogP contribution is 2.26. The number of aryl methyl sites for hydroxylation is 1. The van der Waals surface area contributed by atoms with Crippen LogP contribution in [0.25, 0.3) is 0 Å². The molecule has 1 amide bonds. The summed E-state index contributed by atoms with van der Waals surface area (Å²) in [5.74, 6) is 0.806. The van der Waals surface area contributed by atoms with Gasteiger partial charge in [-0.05, 0) is 35.7 Å². The molecule has 1 fully saturated rings. The van der Waals surface area contributed by atoms with Gasteiger partial charge >= 0.3 is 0 Å². The van der Waals surface area contributed by atoms with Gasteiger partial charge in [0.2, 0.25) is 0 Å². The Morgan fingerprint density at radius 1 is 1.13 bits per heavy atom. The van der Waals surface area contributed by atoms with Gasteiger partial charge in [0.05, 0.1) is 13.2 Å². The van der Waals surface area contributed by atoms with Gasteiger partial charge in [-0.15, -0.1) is 11.3 Å². The highest BCUT2D eigenvalue weighted by molar-refractivity contribution is 8.00. The Morgan fingerprint density at radius 2 is 1.87 bits per heavy atom. The van der Waals surface area contributed by atoms with Crippen molar-refractivity contribution in [3.63, 3.8) is 0 Å². The largest absolute Gasteiger partial charge is 0.379 e. The van der Waals surface area contributed by atoms with Crippen LogP contribution in [0.4, 0.5) is 0 Å². The topological polar surface area (TPSA) is 54.5 Å². The van der Waals surface area contributed by atoms with Crippen molar-refractivity contribution in [3.8, 4) is 0 Å². The van der Waals surface area contributed by atoms with Crippen molar-refractivity contribution in [3.05, 3.63) is 81.9 Å². The number of hydrogen-bond acceptors (Lipinski definition) is 6. The Bertz CT molecular complexity index is 998. The third-order valence-corrected chi connectivity index (χ3v) is 7.44. The quantitative estimate of drug-likeness (QED) is 0.509. The third kappa shape index (κ3) is 6.40. The molecule has 162 valence electrons. The minimum atomic E-state index is -0.0454. The molecule has 3 aromatic rings. The predicted octanol–water partition coefficient (Wildman–Crippen LogP) is 4.51. The number of rotatable bonds is 8. The summed E-state index contributed by atoms with van der Waals surface area (Å²) in [5, 5.41) is 5.14. The van der Waals surface area contributed by atoms with Gasteiger partial charge in [0.25, 0.3) is 5.91 Å². The molecule has 0 aliphatic carbocycles. The molecule has 0 spiro atoms. The molecule has 0 bridgehead atoms. The summed E-state index contributed by atoms with van der Waals surface area (Å²) in [4.78, 5) is 19.5. The first-order valence-corrected chi connectivity index (χ1v) is 12.3. The number of nitrogens with zero attached hydrogens (tertiary/aromatic N) is 2. The number of aromatic nitrogens is 1. The Hall–Kier alpha value is -2.19. The zero-order valence-electron chi connectivity index (χ0n) is 17.7. The molecular weight excluding hydrogens is 426 g/mol. The number of benzene rings is 2. The second kappa shape index (κ2) is 10.9. The molecule has 1 saturated heterocycles. The van der Waals surface area contributed by atoms with E-state index in [0.29, 0.717) is 12.1 Å². The van der Waals surface area contributed by atoms with Crippen LogP contribution in [0, 0.1) is 6.92 Å². The van der Waals surface area contributed by atoms with E-state index in [9.17, 15) is 4.79 Å². The molecule has 0 atom stereocenters. The van der Waals surface area contributed by atoms with Crippen LogP contribution in [-0.4, -0.2) is 42.1 Å². The lowest BCUT2D eigenvalue weighted by molar-refractivity contribution is 0.0340. The van der Waals surface area contributed by atoms with E-state index in [1.165, 1.54) is 11.1 Å². The van der Waals surface area contributed by atoms with E-state index in [4.69, 9.17) is 4.74 Å². The fourth-order valence-corrected chi connectivity index (χ4v) is 5.26. The number of hydrogen-bond donors (Lipinski definition) is 1. The maximum Gasteiger partial charge on any atom is 0.251 e. The van der Waals surface area contributed by atoms with E-state index in [1.54, 1.807) is 23.1 Å². The van der Waals surface area contributed by atoms with Crippen LogP contribution < -0.4 is 5.32 Å². The molecule has 1 aromatic heterocycles. The lowest BCUT2D eigenvalue weighted by atomic mass is 10.1. The fraction of sp³-hybridized carbons (Fsp3) is 0.333. The van der Waals surface area contributed by atoms with E-state index >= 15 is 0 Å². The van der Waals surface area contributed by atoms with Gasteiger partial charge < -0.3 is 10.1 Å². The van der Waals surface area contributed by atoms with E-state index in [1.807, 2.05) is 37.3 Å². The van der Waals surface area contributed by atoms with Crippen LogP contribution in [0.2, 0.25) is 0 Å². The predicted molar refractivity (Wildman–Crippen MR) is 127 cm³/mol. The summed E-state index contributed by atoms with van der Waals surface area (Å²) >= 11 is 3.40. The summed E-state index contributed by atoms with van der Waals surface area (Å²) in [5.41, 5.74) is 5.35. The molecule has 1 aliphatic heterocycles. The molecule has 0 unspecified atom stereocenters. The zero-order chi connectivity index (χ0) is 21.5. The molecule has 7 heteroatoms. The van der Waals surface area contributed by atoms with Crippen LogP contribution >= 0.6 is 23.1 Å². The third-order valence-electron chi connectivity index (χ3n) is 5.23. The highest BCUT2D eigenvalue weighted by Gasteiger charge is 2.13. The van der Waals surface area contributed by atoms with Crippen molar-refractivity contribution in [2.24, 2.45) is 0 Å². The lowest BCUT2D eigenvalue weighted by Gasteiger charge is -2.27. The van der Waals surface area contributed by atoms with Gasteiger partial charge in [-0.3, -0.25) is 9.69 Å². The number of morpholine rings is 1. The second-order valence-corrected chi connectivity index (χ2v) is 9.66. The molecule has 4 rings (SSSR count). The van der Waals surface area contributed by atoms with Gasteiger partial charge in [-0.1, -0.05) is 48.2 Å². The van der Waals surface area contributed by atoms with Crippen molar-refractivity contribution in [1.82, 2.24) is 15.2 Å². The van der Waals surface area contributed by atoms with Gasteiger partial charge in [0.1, 0.15) is 4.34 Å². The van der Waals surface area contributed by atoms with E-state index in [-0.39, 0.29) is 5.91 Å². The average Bonchev–Trinajstić information content (AvgIpc) is 3.23. The summed E-state index contributed by atoms with van der Waals surface area (Å²) in [6, 6.07) is 16.2. The van der Waals surface area contributed by atoms with Crippen molar-refractivity contribution in [2.75, 3.05) is 26.3 Å². The minimum absolute atomic E-state index is 0.0454. The number of thioether (sulfide) groups is 1. The number of ether oxygens (including phenoxy) is 1. The van der Waals surface area contributed by atoms with Crippen molar-refractivity contribution < 1.29 is 9.53 Å². The molecular formula is C24H27N3O2S2. The van der Waals surface area contributed by atoms with E-state index in [0.717, 1.165) is 54.2 Å². The van der Waals surface area contributed by atoms with Gasteiger partial charge in [0.15, 0.2) is 0 Å². The highest BCUT2D eigenvalue weighted by atomic mass is 32.2. The summed E-state index contributed by atoms with van der Waals surface area (Å²) < 4.78 is 6.52. The van der Waals surface area contributed by atoms with Gasteiger partial charge in [0, 0.05) is 48.6 Å². The molecule has 1 N–H and O–H groups in total. The van der Waals surface area contributed by atoms with E-state index in [2.05, 4.69) is 38.8 Å². The second-order valence-electron chi connectivity index (χ2n) is 7.58. The number of carbonyl (C=O) groups is 1. The SMILES string of the molecule is Cc1csc(SCc2ccc(C(=O)NCc3ccccc3CN3CCOCC3)cc2)n1. The van der Waals surface area contributed by atoms with Crippen LogP contribution in [0.1, 0.15) is 32.7 Å². The first-order chi connectivity index (χ1) is 15.2. The first-order valence-electron chi connectivity index (χ1n) is 10.5. The Morgan fingerprint density at radius 3 is 2.58 bits per heavy atom. The fourth-order valence-electron chi connectivity index (χ4n) is 3.46. The maximum atomic E-state index is 12.7. The maximum absolute atomic E-state index is 12.7. The Balaban J connectivity index is 1.30. The smallest absolute Gasteiger partial charge is 0.251 e. The molecule has 0 radical (unpaired) electrons. The number of thiazole rings is 1. The molecule has 1 aliphatic rings. The standard InChI is InChI=1S/C24H27N3O2S2/c1-18-16-30-24(26-18)31-17-19-6-8-20(9-7-19)23(28)25-14-21-4-2-3-5-22(21)15-27-10-12-29-13-11-27/h2-9,16H,10-15,17H2,1H3,(H,25,28). The minimum Gasteiger partial charge on any atom is -0.379 e. The molecule has 5 nitrogen and oxygen atoms in total. The average molecular weight is 454 g/mol. The van der Waals surface area contributed by atoms with Gasteiger partial charge in [-0.2, -0.15) is 0 Å². The number of carbonyl (C=O) groups excluding carboxylic acids is 1. The molecule has 2 aromatic carbocycles. The molecule has 0 saturated carbocycles. The molecule has 2 heterocycles. The summed E-state index contributed by atoms with van der Waals surface area (Å²) in [6.07, 6.45) is 0. The van der Waals surface area contributed by atoms with Crippen LogP contribution in [-0.2, 0) is 23.6 Å². The monoisotopic (exact) mass is 453 g/mol. The summed E-state index contributed by atoms with van der Waals surface area (Å²) in [7, 11) is 0. The zero-order valence-corrected chi connectivity index (χ0v) is 19.3. The Labute approximate surface area is 191 Å². The molecule has 31 heavy (non-hydrogen) atoms. The normalized spacial score (nSPS) is 14.5. The Kier molecular flexibility index (Phi) is 7.75. The first kappa shape index (κ1) is 22.0. The number of nitrogens with one attached hydrogen (secondary N) is 1. The lowest BCUT2D eigenvalue weighted by Crippen LogP contribution is -2.36. The van der Waals surface area contributed by atoms with Crippen molar-refractivity contribution in [2.45, 2.75) is 30.1 Å². The number of amides is 1. The van der Waals surface area contributed by atoms with Crippen LogP contribution in [0.3, 0.4) is 0 Å².